The molecule has 25 heavy (non-hydrogen) atoms. The molecule has 0 aromatic rings. The van der Waals surface area contributed by atoms with E-state index in [0.29, 0.717) is 44.9 Å². The molecule has 0 aromatic heterocycles. The Balaban J connectivity index is 2.38. The Labute approximate surface area is 151 Å². The Morgan fingerprint density at radius 1 is 0.960 bits per heavy atom. The highest BCUT2D eigenvalue weighted by Crippen LogP contribution is 2.38. The number of carbonyl (C=O) groups excluding carboxylic acids is 1. The van der Waals surface area contributed by atoms with E-state index in [1.54, 1.807) is 0 Å². The van der Waals surface area contributed by atoms with Crippen molar-refractivity contribution in [3.8, 4) is 0 Å². The third-order valence-electron chi connectivity index (χ3n) is 5.17. The van der Waals surface area contributed by atoms with Gasteiger partial charge in [0.25, 0.3) is 0 Å². The highest BCUT2D eigenvalue weighted by Gasteiger charge is 2.40. The quantitative estimate of drug-likeness (QED) is 0.348. The molecule has 144 valence electrons. The van der Waals surface area contributed by atoms with Crippen molar-refractivity contribution >= 4 is 11.8 Å². The van der Waals surface area contributed by atoms with Crippen LogP contribution in [-0.2, 0) is 9.59 Å². The predicted octanol–water partition coefficient (Wildman–Crippen LogP) is 3.48. The van der Waals surface area contributed by atoms with Gasteiger partial charge in [-0.25, -0.2) is 0 Å². The van der Waals surface area contributed by atoms with Gasteiger partial charge in [-0.05, 0) is 50.4 Å². The second kappa shape index (κ2) is 12.2. The molecule has 5 heteroatoms. The number of aliphatic carboxylic acids is 1. The predicted molar refractivity (Wildman–Crippen MR) is 97.2 cm³/mol. The standard InChI is InChI=1S/C20H34O5/c1-2-3-6-9-15(21)12-13-17-16(18(22)14-19(17)23)10-7-4-5-8-11-20(24)25/h4,7,16-19,22-23H,2-3,5-6,8-14H2,1H3,(H,24,25)/b7-4-/t16-,17-,18-,19-/m1/s1. The molecular weight excluding hydrogens is 320 g/mol. The monoisotopic (exact) mass is 354 g/mol. The van der Waals surface area contributed by atoms with Gasteiger partial charge in [0.1, 0.15) is 5.78 Å². The second-order valence-electron chi connectivity index (χ2n) is 7.23. The van der Waals surface area contributed by atoms with Crippen LogP contribution < -0.4 is 0 Å². The number of unbranched alkanes of at least 4 members (excludes halogenated alkanes) is 3. The lowest BCUT2D eigenvalue weighted by molar-refractivity contribution is -0.137. The molecule has 0 spiro atoms. The van der Waals surface area contributed by atoms with Crippen LogP contribution in [0.2, 0.25) is 0 Å². The number of ketones is 1. The number of carboxylic acid groups (broad SMARTS) is 1. The molecule has 0 bridgehead atoms. The molecule has 0 heterocycles. The van der Waals surface area contributed by atoms with Crippen LogP contribution in [0.5, 0.6) is 0 Å². The van der Waals surface area contributed by atoms with Crippen LogP contribution in [-0.4, -0.2) is 39.3 Å². The van der Waals surface area contributed by atoms with E-state index in [1.165, 1.54) is 0 Å². The number of aliphatic hydroxyl groups is 2. The first kappa shape index (κ1) is 21.8. The lowest BCUT2D eigenvalue weighted by Crippen LogP contribution is -2.22. The number of hydrogen-bond donors (Lipinski definition) is 3. The van der Waals surface area contributed by atoms with E-state index < -0.39 is 18.2 Å². The molecule has 1 fully saturated rings. The zero-order chi connectivity index (χ0) is 18.7. The van der Waals surface area contributed by atoms with E-state index in [-0.39, 0.29) is 24.0 Å². The molecule has 1 rings (SSSR count). The van der Waals surface area contributed by atoms with Crippen LogP contribution in [0.4, 0.5) is 0 Å². The summed E-state index contributed by atoms with van der Waals surface area (Å²) in [5.41, 5.74) is 0. The summed E-state index contributed by atoms with van der Waals surface area (Å²) in [6.45, 7) is 2.11. The Morgan fingerprint density at radius 2 is 1.68 bits per heavy atom. The van der Waals surface area contributed by atoms with Gasteiger partial charge in [-0.1, -0.05) is 31.9 Å². The maximum atomic E-state index is 12.0. The summed E-state index contributed by atoms with van der Waals surface area (Å²) in [5.74, 6) is -0.584. The van der Waals surface area contributed by atoms with Crippen molar-refractivity contribution in [1.82, 2.24) is 0 Å². The first-order valence-corrected chi connectivity index (χ1v) is 9.70. The van der Waals surface area contributed by atoms with Crippen molar-refractivity contribution in [1.29, 1.82) is 0 Å². The summed E-state index contributed by atoms with van der Waals surface area (Å²) in [5, 5.41) is 29.0. The van der Waals surface area contributed by atoms with Gasteiger partial charge in [-0.3, -0.25) is 9.59 Å². The molecule has 0 radical (unpaired) electrons. The number of carboxylic acids is 1. The summed E-state index contributed by atoms with van der Waals surface area (Å²) >= 11 is 0. The summed E-state index contributed by atoms with van der Waals surface area (Å²) in [6, 6.07) is 0. The van der Waals surface area contributed by atoms with Crippen molar-refractivity contribution in [3.63, 3.8) is 0 Å². The first-order chi connectivity index (χ1) is 12.0. The lowest BCUT2D eigenvalue weighted by Gasteiger charge is -2.22. The van der Waals surface area contributed by atoms with Gasteiger partial charge in [0.2, 0.25) is 0 Å². The minimum atomic E-state index is -0.786. The van der Waals surface area contributed by atoms with Crippen LogP contribution in [0, 0.1) is 11.8 Å². The van der Waals surface area contributed by atoms with Crippen LogP contribution in [0.3, 0.4) is 0 Å². The van der Waals surface area contributed by atoms with Crippen molar-refractivity contribution in [2.24, 2.45) is 11.8 Å². The Bertz CT molecular complexity index is 432. The molecular formula is C20H34O5. The summed E-state index contributed by atoms with van der Waals surface area (Å²) in [4.78, 5) is 22.4. The van der Waals surface area contributed by atoms with E-state index in [1.807, 2.05) is 12.2 Å². The Morgan fingerprint density at radius 3 is 2.36 bits per heavy atom. The average Bonchev–Trinajstić information content (AvgIpc) is 2.82. The number of allylic oxidation sites excluding steroid dienone is 2. The molecule has 0 saturated heterocycles. The largest absolute Gasteiger partial charge is 0.481 e. The molecule has 5 nitrogen and oxygen atoms in total. The maximum absolute atomic E-state index is 12.0. The van der Waals surface area contributed by atoms with Gasteiger partial charge in [0.15, 0.2) is 0 Å². The molecule has 0 unspecified atom stereocenters. The zero-order valence-electron chi connectivity index (χ0n) is 15.4. The van der Waals surface area contributed by atoms with E-state index in [4.69, 9.17) is 5.11 Å². The van der Waals surface area contributed by atoms with Gasteiger partial charge in [0, 0.05) is 19.3 Å². The molecule has 3 N–H and O–H groups in total. The minimum absolute atomic E-state index is 0.0193. The number of rotatable bonds is 13. The zero-order valence-corrected chi connectivity index (χ0v) is 15.4. The van der Waals surface area contributed by atoms with Crippen molar-refractivity contribution in [2.45, 2.75) is 89.8 Å². The fraction of sp³-hybridized carbons (Fsp3) is 0.800. The molecule has 1 aliphatic rings. The second-order valence-corrected chi connectivity index (χ2v) is 7.23. The van der Waals surface area contributed by atoms with Crippen LogP contribution in [0.25, 0.3) is 0 Å². The van der Waals surface area contributed by atoms with E-state index in [2.05, 4.69) is 6.92 Å². The third kappa shape index (κ3) is 8.63. The number of aliphatic hydroxyl groups excluding tert-OH is 2. The van der Waals surface area contributed by atoms with Crippen molar-refractivity contribution in [3.05, 3.63) is 12.2 Å². The fourth-order valence-corrected chi connectivity index (χ4v) is 3.67. The Hall–Kier alpha value is -1.20. The van der Waals surface area contributed by atoms with E-state index in [0.717, 1.165) is 19.3 Å². The van der Waals surface area contributed by atoms with Crippen LogP contribution in [0.15, 0.2) is 12.2 Å². The normalized spacial score (nSPS) is 26.4. The maximum Gasteiger partial charge on any atom is 0.303 e. The topological polar surface area (TPSA) is 94.8 Å². The molecule has 1 aliphatic carbocycles. The van der Waals surface area contributed by atoms with Gasteiger partial charge < -0.3 is 15.3 Å². The number of Topliss-reactive ketones (excluding diaryl/α,β-unsaturated/α-hetero) is 1. The van der Waals surface area contributed by atoms with Gasteiger partial charge in [-0.2, -0.15) is 0 Å². The molecule has 4 atom stereocenters. The highest BCUT2D eigenvalue weighted by molar-refractivity contribution is 5.78. The van der Waals surface area contributed by atoms with Gasteiger partial charge >= 0.3 is 5.97 Å². The summed E-state index contributed by atoms with van der Waals surface area (Å²) in [6.07, 6.45) is 10.2. The minimum Gasteiger partial charge on any atom is -0.481 e. The smallest absolute Gasteiger partial charge is 0.303 e. The van der Waals surface area contributed by atoms with Crippen LogP contribution >= 0.6 is 0 Å². The molecule has 0 aromatic carbocycles. The highest BCUT2D eigenvalue weighted by atomic mass is 16.4. The van der Waals surface area contributed by atoms with E-state index >= 15 is 0 Å². The van der Waals surface area contributed by atoms with Crippen LogP contribution in [0.1, 0.15) is 77.6 Å². The average molecular weight is 354 g/mol. The van der Waals surface area contributed by atoms with Crippen molar-refractivity contribution in [2.75, 3.05) is 0 Å². The lowest BCUT2D eigenvalue weighted by atomic mass is 9.86. The van der Waals surface area contributed by atoms with Gasteiger partial charge in [0.05, 0.1) is 12.2 Å². The Kier molecular flexibility index (Phi) is 10.7. The van der Waals surface area contributed by atoms with E-state index in [9.17, 15) is 19.8 Å². The number of hydrogen-bond acceptors (Lipinski definition) is 4. The molecule has 0 amide bonds. The third-order valence-corrected chi connectivity index (χ3v) is 5.17. The van der Waals surface area contributed by atoms with Gasteiger partial charge in [-0.15, -0.1) is 0 Å². The summed E-state index contributed by atoms with van der Waals surface area (Å²) < 4.78 is 0. The first-order valence-electron chi connectivity index (χ1n) is 9.70. The number of carbonyl (C=O) groups is 2. The summed E-state index contributed by atoms with van der Waals surface area (Å²) in [7, 11) is 0. The van der Waals surface area contributed by atoms with Crippen molar-refractivity contribution < 1.29 is 24.9 Å². The fourth-order valence-electron chi connectivity index (χ4n) is 3.67. The molecule has 1 saturated carbocycles. The molecule has 0 aliphatic heterocycles. The SMILES string of the molecule is CCCCCC(=O)CC[C@@H]1[C@@H](C/C=C\CCCC(=O)O)[C@H](O)C[C@H]1O.